The second-order valence-electron chi connectivity index (χ2n) is 1.26. The van der Waals surface area contributed by atoms with Gasteiger partial charge in [-0.05, 0) is 0 Å². The van der Waals surface area contributed by atoms with Crippen molar-refractivity contribution in [3.63, 3.8) is 0 Å². The van der Waals surface area contributed by atoms with Gasteiger partial charge in [-0.3, -0.25) is 0 Å². The van der Waals surface area contributed by atoms with E-state index in [0.717, 1.165) is 6.04 Å². The third-order valence-electron chi connectivity index (χ3n) is 0.530. The zero-order chi connectivity index (χ0) is 5.21. The van der Waals surface area contributed by atoms with Gasteiger partial charge in [0, 0.05) is 35.9 Å². The second kappa shape index (κ2) is 2.25. The Morgan fingerprint density at radius 2 is 1.50 bits per heavy atom. The van der Waals surface area contributed by atoms with Crippen LogP contribution in [0.2, 0.25) is 6.04 Å². The molecule has 4 heteroatoms. The Bertz CT molecular complexity index is 35.3. The van der Waals surface area contributed by atoms with Crippen molar-refractivity contribution in [3.8, 4) is 0 Å². The molecule has 0 aromatic heterocycles. The highest BCUT2D eigenvalue weighted by molar-refractivity contribution is 7.60. The molecular formula is C2H5Si4. The molecule has 0 aliphatic heterocycles. The molecule has 0 fully saturated rings. The van der Waals surface area contributed by atoms with Gasteiger partial charge < -0.3 is 0 Å². The lowest BCUT2D eigenvalue weighted by atomic mass is 11.0. The van der Waals surface area contributed by atoms with E-state index in [0.29, 0.717) is 0 Å². The zero-order valence-corrected chi connectivity index (χ0v) is 7.71. The normalized spacial score (nSPS) is 12.0. The Morgan fingerprint density at radius 1 is 1.33 bits per heavy atom. The highest BCUT2D eigenvalue weighted by atomic mass is 29.8. The summed E-state index contributed by atoms with van der Waals surface area (Å²) in [5.74, 6) is 0. The van der Waals surface area contributed by atoms with E-state index < -0.39 is 6.63 Å². The van der Waals surface area contributed by atoms with Gasteiger partial charge in [0.25, 0.3) is 0 Å². The Labute approximate surface area is 49.4 Å². The molecule has 6 heavy (non-hydrogen) atoms. The molecule has 0 aromatic carbocycles. The van der Waals surface area contributed by atoms with Crippen LogP contribution in [0.5, 0.6) is 0 Å². The molecule has 0 saturated heterocycles. The van der Waals surface area contributed by atoms with E-state index in [1.54, 1.807) is 0 Å². The van der Waals surface area contributed by atoms with Crippen molar-refractivity contribution in [2.24, 2.45) is 0 Å². The number of rotatable bonds is 1. The van der Waals surface area contributed by atoms with E-state index in [-0.39, 0.29) is 0 Å². The van der Waals surface area contributed by atoms with Crippen LogP contribution in [-0.2, 0) is 0 Å². The van der Waals surface area contributed by atoms with Crippen LogP contribution < -0.4 is 0 Å². The summed E-state index contributed by atoms with van der Waals surface area (Å²) in [4.78, 5) is 0. The van der Waals surface area contributed by atoms with Crippen molar-refractivity contribution in [1.29, 1.82) is 0 Å². The smallest absolute Gasteiger partial charge is 0.0112 e. The van der Waals surface area contributed by atoms with Gasteiger partial charge in [-0.2, -0.15) is 0 Å². The van der Waals surface area contributed by atoms with Crippen LogP contribution >= 0.6 is 0 Å². The molecule has 0 aromatic rings. The van der Waals surface area contributed by atoms with Gasteiger partial charge in [-0.25, -0.2) is 0 Å². The van der Waals surface area contributed by atoms with Gasteiger partial charge >= 0.3 is 0 Å². The Morgan fingerprint density at radius 3 is 1.50 bits per heavy atom. The molecule has 29 valence electrons. The fourth-order valence-corrected chi connectivity index (χ4v) is 0. The van der Waals surface area contributed by atoms with Gasteiger partial charge in [-0.1, -0.05) is 13.0 Å². The first-order valence-electron chi connectivity index (χ1n) is 1.81. The number of hydrogen-bond donors (Lipinski definition) is 0. The zero-order valence-electron chi connectivity index (χ0n) is 3.71. The van der Waals surface area contributed by atoms with Crippen molar-refractivity contribution in [2.75, 3.05) is 0 Å². The molecule has 0 nitrogen and oxygen atoms in total. The van der Waals surface area contributed by atoms with E-state index in [1.807, 2.05) is 0 Å². The summed E-state index contributed by atoms with van der Waals surface area (Å²) in [7, 11) is 10.5. The second-order valence-corrected chi connectivity index (χ2v) is 16.0. The molecule has 0 spiro atoms. The van der Waals surface area contributed by atoms with Crippen molar-refractivity contribution in [1.82, 2.24) is 0 Å². The van der Waals surface area contributed by atoms with E-state index >= 15 is 0 Å². The molecule has 0 bridgehead atoms. The first-order valence-corrected chi connectivity index (χ1v) is 8.52. The van der Waals surface area contributed by atoms with Gasteiger partial charge in [0.1, 0.15) is 0 Å². The molecule has 0 N–H and O–H groups in total. The van der Waals surface area contributed by atoms with Crippen LogP contribution in [0.3, 0.4) is 0 Å². The molecule has 0 saturated carbocycles. The standard InChI is InChI=1S/C2H5Si4/c1-2-6(3,4)5/h2H2,1H3. The van der Waals surface area contributed by atoms with Crippen molar-refractivity contribution in [2.45, 2.75) is 13.0 Å². The van der Waals surface area contributed by atoms with Gasteiger partial charge in [-0.15, -0.1) is 0 Å². The minimum atomic E-state index is -1.21. The summed E-state index contributed by atoms with van der Waals surface area (Å²) in [5.41, 5.74) is 0. The third kappa shape index (κ3) is 4.87. The quantitative estimate of drug-likeness (QED) is 0.430. The van der Waals surface area contributed by atoms with Crippen molar-refractivity contribution >= 4 is 35.9 Å². The maximum atomic E-state index is 3.49. The molecule has 0 aliphatic carbocycles. The minimum absolute atomic E-state index is 1.15. The average molecular weight is 141 g/mol. The van der Waals surface area contributed by atoms with Crippen LogP contribution in [0.4, 0.5) is 0 Å². The van der Waals surface area contributed by atoms with E-state index in [2.05, 4.69) is 36.2 Å². The van der Waals surface area contributed by atoms with E-state index in [9.17, 15) is 0 Å². The SMILES string of the molecule is CC[Si]([Si])([Si])[Si]. The highest BCUT2D eigenvalue weighted by Gasteiger charge is 2.07. The summed E-state index contributed by atoms with van der Waals surface area (Å²) >= 11 is 0. The monoisotopic (exact) mass is 141 g/mol. The Balaban J connectivity index is 3.17. The largest absolute Gasteiger partial charge is 0.0684 e. The average Bonchev–Trinajstić information content (AvgIpc) is 1.35. The highest BCUT2D eigenvalue weighted by Crippen LogP contribution is 1.88. The molecular weight excluding hydrogens is 136 g/mol. The maximum Gasteiger partial charge on any atom is 0.0112 e. The molecule has 0 rings (SSSR count). The van der Waals surface area contributed by atoms with Gasteiger partial charge in [0.2, 0.25) is 0 Å². The predicted octanol–water partition coefficient (Wildman–Crippen LogP) is -0.549. The molecule has 0 heterocycles. The molecule has 9 radical (unpaired) electrons. The Kier molecular flexibility index (Phi) is 2.57. The lowest BCUT2D eigenvalue weighted by molar-refractivity contribution is 1.46. The lowest BCUT2D eigenvalue weighted by Gasteiger charge is -2.08. The number of hydrogen-bond acceptors (Lipinski definition) is 0. The van der Waals surface area contributed by atoms with Crippen molar-refractivity contribution in [3.05, 3.63) is 0 Å². The van der Waals surface area contributed by atoms with Crippen LogP contribution in [0.1, 0.15) is 6.92 Å². The summed E-state index contributed by atoms with van der Waals surface area (Å²) in [5, 5.41) is 0. The van der Waals surface area contributed by atoms with Crippen LogP contribution in [-0.4, -0.2) is 35.9 Å². The van der Waals surface area contributed by atoms with Gasteiger partial charge in [0.05, 0.1) is 0 Å². The van der Waals surface area contributed by atoms with E-state index in [1.165, 1.54) is 0 Å². The molecule has 0 amide bonds. The molecule has 0 unspecified atom stereocenters. The summed E-state index contributed by atoms with van der Waals surface area (Å²) in [6.45, 7) is 0.910. The van der Waals surface area contributed by atoms with Crippen LogP contribution in [0.25, 0.3) is 0 Å². The van der Waals surface area contributed by atoms with Crippen LogP contribution in [0, 0.1) is 0 Å². The first kappa shape index (κ1) is 6.87. The lowest BCUT2D eigenvalue weighted by Crippen LogP contribution is -2.36. The van der Waals surface area contributed by atoms with Crippen LogP contribution in [0.15, 0.2) is 0 Å². The molecule has 0 atom stereocenters. The fourth-order valence-electron chi connectivity index (χ4n) is 0. The van der Waals surface area contributed by atoms with E-state index in [4.69, 9.17) is 0 Å². The van der Waals surface area contributed by atoms with Crippen molar-refractivity contribution < 1.29 is 0 Å². The Hall–Kier alpha value is 0.868. The van der Waals surface area contributed by atoms with Gasteiger partial charge in [0.15, 0.2) is 0 Å². The summed E-state index contributed by atoms with van der Waals surface area (Å²) in [6, 6.07) is 1.15. The third-order valence-corrected chi connectivity index (χ3v) is 4.77. The molecule has 0 aliphatic rings. The predicted molar refractivity (Wildman–Crippen MR) is 33.5 cm³/mol. The maximum absolute atomic E-state index is 3.49. The summed E-state index contributed by atoms with van der Waals surface area (Å²) < 4.78 is 0. The first-order chi connectivity index (χ1) is 2.56. The fraction of sp³-hybridized carbons (Fsp3) is 1.00. The summed E-state index contributed by atoms with van der Waals surface area (Å²) in [6.07, 6.45) is 0. The topological polar surface area (TPSA) is 0 Å². The minimum Gasteiger partial charge on any atom is -0.0684 e.